The molecule has 2 amide bonds. The third-order valence-electron chi connectivity index (χ3n) is 6.48. The maximum atomic E-state index is 14.1. The van der Waals surface area contributed by atoms with E-state index >= 15 is 0 Å². The number of hydrogen-bond acceptors (Lipinski definition) is 3. The summed E-state index contributed by atoms with van der Waals surface area (Å²) in [6.07, 6.45) is 3.71. The number of aromatic nitrogens is 1. The van der Waals surface area contributed by atoms with E-state index in [1.165, 1.54) is 0 Å². The first kappa shape index (κ1) is 27.6. The van der Waals surface area contributed by atoms with Gasteiger partial charge in [0.25, 0.3) is 0 Å². The predicted molar refractivity (Wildman–Crippen MR) is 140 cm³/mol. The van der Waals surface area contributed by atoms with E-state index in [1.54, 1.807) is 12.4 Å². The van der Waals surface area contributed by atoms with Crippen molar-refractivity contribution >= 4 is 11.8 Å². The SMILES string of the molecule is CC(C)C(NC(=O)CC(c1ccccc1)C(C(=O)N(C(C)C)C(C)C)c1cccnc1)C(C)C. The Kier molecular flexibility index (Phi) is 10.3. The van der Waals surface area contributed by atoms with Gasteiger partial charge in [-0.2, -0.15) is 0 Å². The zero-order chi connectivity index (χ0) is 25.4. The van der Waals surface area contributed by atoms with Crippen LogP contribution in [-0.2, 0) is 9.59 Å². The van der Waals surface area contributed by atoms with Crippen LogP contribution in [0.1, 0.15) is 84.8 Å². The first-order valence-corrected chi connectivity index (χ1v) is 12.6. The van der Waals surface area contributed by atoms with Crippen molar-refractivity contribution in [3.05, 3.63) is 66.0 Å². The fourth-order valence-corrected chi connectivity index (χ4v) is 5.05. The molecule has 0 saturated carbocycles. The summed E-state index contributed by atoms with van der Waals surface area (Å²) in [7, 11) is 0. The van der Waals surface area contributed by atoms with Crippen LogP contribution in [0, 0.1) is 11.8 Å². The van der Waals surface area contributed by atoms with E-state index < -0.39 is 5.92 Å². The number of nitrogens with zero attached hydrogens (tertiary/aromatic N) is 2. The summed E-state index contributed by atoms with van der Waals surface area (Å²) < 4.78 is 0. The summed E-state index contributed by atoms with van der Waals surface area (Å²) in [6, 6.07) is 13.9. The molecule has 0 aliphatic carbocycles. The van der Waals surface area contributed by atoms with Crippen LogP contribution in [0.4, 0.5) is 0 Å². The van der Waals surface area contributed by atoms with E-state index in [9.17, 15) is 9.59 Å². The van der Waals surface area contributed by atoms with Gasteiger partial charge in [-0.1, -0.05) is 64.1 Å². The number of rotatable bonds is 11. The molecule has 1 aromatic heterocycles. The van der Waals surface area contributed by atoms with Gasteiger partial charge in [0.15, 0.2) is 0 Å². The van der Waals surface area contributed by atoms with Gasteiger partial charge in [-0.15, -0.1) is 0 Å². The fourth-order valence-electron chi connectivity index (χ4n) is 5.05. The van der Waals surface area contributed by atoms with Crippen molar-refractivity contribution in [2.45, 2.75) is 91.8 Å². The molecule has 5 heteroatoms. The van der Waals surface area contributed by atoms with E-state index in [-0.39, 0.29) is 42.3 Å². The Bertz CT molecular complexity index is 878. The summed E-state index contributed by atoms with van der Waals surface area (Å²) in [5.41, 5.74) is 1.82. The van der Waals surface area contributed by atoms with E-state index in [0.717, 1.165) is 11.1 Å². The number of nitrogens with one attached hydrogen (secondary N) is 1. The molecule has 1 N–H and O–H groups in total. The second kappa shape index (κ2) is 12.7. The molecule has 0 aliphatic rings. The topological polar surface area (TPSA) is 62.3 Å². The highest BCUT2D eigenvalue weighted by atomic mass is 16.2. The van der Waals surface area contributed by atoms with E-state index in [2.05, 4.69) is 38.0 Å². The Labute approximate surface area is 206 Å². The Morgan fingerprint density at radius 2 is 1.38 bits per heavy atom. The van der Waals surface area contributed by atoms with Crippen LogP contribution in [0.25, 0.3) is 0 Å². The molecule has 0 bridgehead atoms. The van der Waals surface area contributed by atoms with Crippen LogP contribution in [-0.4, -0.2) is 39.8 Å². The summed E-state index contributed by atoms with van der Waals surface area (Å²) in [6.45, 7) is 16.7. The minimum absolute atomic E-state index is 0.0245. The molecule has 2 atom stereocenters. The van der Waals surface area contributed by atoms with Gasteiger partial charge in [-0.3, -0.25) is 14.6 Å². The maximum absolute atomic E-state index is 14.1. The van der Waals surface area contributed by atoms with Crippen molar-refractivity contribution in [1.29, 1.82) is 0 Å². The molecule has 0 fully saturated rings. The Morgan fingerprint density at radius 3 is 1.85 bits per heavy atom. The molecule has 1 heterocycles. The van der Waals surface area contributed by atoms with E-state index in [4.69, 9.17) is 0 Å². The monoisotopic (exact) mass is 465 g/mol. The third-order valence-corrected chi connectivity index (χ3v) is 6.48. The molecule has 2 aromatic rings. The Balaban J connectivity index is 2.55. The number of amides is 2. The Hall–Kier alpha value is -2.69. The van der Waals surface area contributed by atoms with Crippen LogP contribution < -0.4 is 5.32 Å². The summed E-state index contributed by atoms with van der Waals surface area (Å²) in [4.78, 5) is 33.8. The number of hydrogen-bond donors (Lipinski definition) is 1. The quantitative estimate of drug-likeness (QED) is 0.457. The van der Waals surface area contributed by atoms with Gasteiger partial charge >= 0.3 is 0 Å². The fraction of sp³-hybridized carbons (Fsp3) is 0.552. The molecule has 0 saturated heterocycles. The average Bonchev–Trinajstić information content (AvgIpc) is 2.77. The number of carbonyl (C=O) groups excluding carboxylic acids is 2. The van der Waals surface area contributed by atoms with Crippen molar-refractivity contribution in [3.8, 4) is 0 Å². The van der Waals surface area contributed by atoms with Crippen LogP contribution in [0.2, 0.25) is 0 Å². The van der Waals surface area contributed by atoms with Crippen LogP contribution in [0.15, 0.2) is 54.9 Å². The lowest BCUT2D eigenvalue weighted by atomic mass is 9.78. The van der Waals surface area contributed by atoms with Gasteiger partial charge in [0.2, 0.25) is 11.8 Å². The van der Waals surface area contributed by atoms with E-state index in [0.29, 0.717) is 11.8 Å². The van der Waals surface area contributed by atoms with Crippen molar-refractivity contribution in [2.75, 3.05) is 0 Å². The third kappa shape index (κ3) is 7.15. The van der Waals surface area contributed by atoms with Gasteiger partial charge in [-0.25, -0.2) is 0 Å². The zero-order valence-corrected chi connectivity index (χ0v) is 22.2. The normalized spacial score (nSPS) is 13.6. The number of benzene rings is 1. The maximum Gasteiger partial charge on any atom is 0.231 e. The standard InChI is InChI=1S/C29H43N3O2/c1-19(2)28(20(3)4)31-26(33)17-25(23-13-10-9-11-14-23)27(24-15-12-16-30-18-24)29(34)32(21(5)6)22(7)8/h9-16,18-22,25,27-28H,17H2,1-8H3,(H,31,33). The van der Waals surface area contributed by atoms with Crippen molar-refractivity contribution in [1.82, 2.24) is 15.2 Å². The lowest BCUT2D eigenvalue weighted by Gasteiger charge is -2.37. The van der Waals surface area contributed by atoms with Gasteiger partial charge in [0, 0.05) is 42.9 Å². The molecule has 0 aliphatic heterocycles. The largest absolute Gasteiger partial charge is 0.353 e. The molecule has 2 unspecified atom stereocenters. The van der Waals surface area contributed by atoms with Gasteiger partial charge in [0.05, 0.1) is 5.92 Å². The van der Waals surface area contributed by atoms with E-state index in [1.807, 2.05) is 75.1 Å². The summed E-state index contributed by atoms with van der Waals surface area (Å²) >= 11 is 0. The minimum Gasteiger partial charge on any atom is -0.353 e. The second-order valence-electron chi connectivity index (χ2n) is 10.5. The highest BCUT2D eigenvalue weighted by Crippen LogP contribution is 2.38. The molecular formula is C29H43N3O2. The molecule has 2 rings (SSSR count). The summed E-state index contributed by atoms with van der Waals surface area (Å²) in [5.74, 6) is -0.159. The first-order chi connectivity index (χ1) is 16.0. The minimum atomic E-state index is -0.511. The smallest absolute Gasteiger partial charge is 0.231 e. The van der Waals surface area contributed by atoms with Crippen LogP contribution in [0.3, 0.4) is 0 Å². The summed E-state index contributed by atoms with van der Waals surface area (Å²) in [5, 5.41) is 3.26. The number of carbonyl (C=O) groups is 2. The van der Waals surface area contributed by atoms with Gasteiger partial charge in [-0.05, 0) is 56.7 Å². The molecule has 0 spiro atoms. The van der Waals surface area contributed by atoms with Crippen LogP contribution >= 0.6 is 0 Å². The zero-order valence-electron chi connectivity index (χ0n) is 22.2. The van der Waals surface area contributed by atoms with Gasteiger partial charge in [0.1, 0.15) is 0 Å². The number of pyridine rings is 1. The molecule has 34 heavy (non-hydrogen) atoms. The van der Waals surface area contributed by atoms with Crippen molar-refractivity contribution in [3.63, 3.8) is 0 Å². The predicted octanol–water partition coefficient (Wildman–Crippen LogP) is 5.78. The molecule has 186 valence electrons. The highest BCUT2D eigenvalue weighted by molar-refractivity contribution is 5.87. The average molecular weight is 466 g/mol. The Morgan fingerprint density at radius 1 is 0.824 bits per heavy atom. The van der Waals surface area contributed by atoms with Crippen LogP contribution in [0.5, 0.6) is 0 Å². The van der Waals surface area contributed by atoms with Crippen molar-refractivity contribution in [2.24, 2.45) is 11.8 Å². The lowest BCUT2D eigenvalue weighted by Crippen LogP contribution is -2.47. The van der Waals surface area contributed by atoms with Gasteiger partial charge < -0.3 is 10.2 Å². The lowest BCUT2D eigenvalue weighted by molar-refractivity contribution is -0.137. The molecule has 0 radical (unpaired) electrons. The first-order valence-electron chi connectivity index (χ1n) is 12.6. The highest BCUT2D eigenvalue weighted by Gasteiger charge is 2.37. The molecule has 1 aromatic carbocycles. The molecule has 5 nitrogen and oxygen atoms in total. The van der Waals surface area contributed by atoms with Crippen molar-refractivity contribution < 1.29 is 9.59 Å². The second-order valence-corrected chi connectivity index (χ2v) is 10.5. The molecular weight excluding hydrogens is 422 g/mol.